The molecule has 0 aliphatic heterocycles. The van der Waals surface area contributed by atoms with E-state index in [0.717, 1.165) is 29.1 Å². The van der Waals surface area contributed by atoms with E-state index in [0.29, 0.717) is 18.0 Å². The number of nitrogens with zero attached hydrogens (tertiary/aromatic N) is 1. The molecule has 1 aromatic carbocycles. The Balaban J connectivity index is 1.81. The highest BCUT2D eigenvalue weighted by molar-refractivity contribution is 7.13. The third-order valence-electron chi connectivity index (χ3n) is 4.29. The first-order chi connectivity index (χ1) is 10.5. The molecule has 0 spiro atoms. The summed E-state index contributed by atoms with van der Waals surface area (Å²) in [4.78, 5) is 17.0. The van der Waals surface area contributed by atoms with Crippen LogP contribution in [-0.4, -0.2) is 23.0 Å². The van der Waals surface area contributed by atoms with Crippen molar-refractivity contribution >= 4 is 17.2 Å². The zero-order valence-corrected chi connectivity index (χ0v) is 13.7. The van der Waals surface area contributed by atoms with Gasteiger partial charge in [0.1, 0.15) is 5.01 Å². The van der Waals surface area contributed by atoms with Crippen molar-refractivity contribution in [2.24, 2.45) is 11.7 Å². The van der Waals surface area contributed by atoms with E-state index in [-0.39, 0.29) is 11.4 Å². The van der Waals surface area contributed by atoms with Crippen molar-refractivity contribution in [3.63, 3.8) is 0 Å². The molecule has 1 aliphatic rings. The lowest BCUT2D eigenvalue weighted by molar-refractivity contribution is 0.0898. The number of carbonyl (C=O) groups is 1. The van der Waals surface area contributed by atoms with E-state index in [1.165, 1.54) is 0 Å². The van der Waals surface area contributed by atoms with Gasteiger partial charge >= 0.3 is 0 Å². The second-order valence-corrected chi connectivity index (χ2v) is 7.08. The first kappa shape index (κ1) is 15.2. The minimum atomic E-state index is -0.301. The van der Waals surface area contributed by atoms with Crippen LogP contribution in [-0.2, 0) is 0 Å². The molecular weight excluding hydrogens is 294 g/mol. The van der Waals surface area contributed by atoms with Gasteiger partial charge in [-0.25, -0.2) is 4.98 Å². The zero-order valence-electron chi connectivity index (χ0n) is 12.9. The van der Waals surface area contributed by atoms with Crippen LogP contribution in [0.15, 0.2) is 29.6 Å². The monoisotopic (exact) mass is 315 g/mol. The number of benzene rings is 1. The highest BCUT2D eigenvalue weighted by Crippen LogP contribution is 2.39. The average molecular weight is 315 g/mol. The lowest BCUT2D eigenvalue weighted by Crippen LogP contribution is -2.53. The summed E-state index contributed by atoms with van der Waals surface area (Å²) < 4.78 is 0. The summed E-state index contributed by atoms with van der Waals surface area (Å²) in [5.74, 6) is 0.446. The van der Waals surface area contributed by atoms with Crippen LogP contribution in [0.2, 0.25) is 0 Å². The Labute approximate surface area is 134 Å². The number of rotatable bonds is 5. The maximum Gasteiger partial charge on any atom is 0.251 e. The van der Waals surface area contributed by atoms with Crippen molar-refractivity contribution < 1.29 is 4.79 Å². The van der Waals surface area contributed by atoms with E-state index in [4.69, 9.17) is 5.73 Å². The van der Waals surface area contributed by atoms with Gasteiger partial charge in [0.2, 0.25) is 0 Å². The molecule has 1 heterocycles. The molecule has 1 atom stereocenters. The van der Waals surface area contributed by atoms with Crippen LogP contribution in [0.25, 0.3) is 10.6 Å². The molecular formula is C17H21N3OS. The molecule has 1 aromatic heterocycles. The molecule has 0 radical (unpaired) electrons. The third kappa shape index (κ3) is 3.05. The summed E-state index contributed by atoms with van der Waals surface area (Å²) in [5.41, 5.74) is 8.21. The van der Waals surface area contributed by atoms with Gasteiger partial charge in [-0.1, -0.05) is 12.1 Å². The lowest BCUT2D eigenvalue weighted by atomic mass is 9.95. The predicted molar refractivity (Wildman–Crippen MR) is 89.9 cm³/mol. The summed E-state index contributed by atoms with van der Waals surface area (Å²) >= 11 is 1.59. The lowest BCUT2D eigenvalue weighted by Gasteiger charge is -2.29. The van der Waals surface area contributed by atoms with Gasteiger partial charge in [-0.3, -0.25) is 4.79 Å². The van der Waals surface area contributed by atoms with Crippen LogP contribution in [0.5, 0.6) is 0 Å². The predicted octanol–water partition coefficient (Wildman–Crippen LogP) is 2.98. The Hall–Kier alpha value is -1.72. The molecule has 3 rings (SSSR count). The van der Waals surface area contributed by atoms with Crippen LogP contribution in [0.1, 0.15) is 35.8 Å². The molecule has 22 heavy (non-hydrogen) atoms. The van der Waals surface area contributed by atoms with Crippen molar-refractivity contribution in [3.05, 3.63) is 40.9 Å². The van der Waals surface area contributed by atoms with E-state index in [2.05, 4.69) is 10.3 Å². The Morgan fingerprint density at radius 1 is 1.50 bits per heavy atom. The van der Waals surface area contributed by atoms with Crippen LogP contribution in [0.3, 0.4) is 0 Å². The van der Waals surface area contributed by atoms with E-state index >= 15 is 0 Å². The topological polar surface area (TPSA) is 68.0 Å². The molecule has 5 heteroatoms. The number of aromatic nitrogens is 1. The van der Waals surface area contributed by atoms with Crippen molar-refractivity contribution in [1.82, 2.24) is 10.3 Å². The van der Waals surface area contributed by atoms with Gasteiger partial charge in [0.15, 0.2) is 0 Å². The van der Waals surface area contributed by atoms with Crippen molar-refractivity contribution in [2.45, 2.75) is 32.2 Å². The molecule has 2 aromatic rings. The number of hydrogen-bond donors (Lipinski definition) is 2. The number of thiazole rings is 1. The van der Waals surface area contributed by atoms with Gasteiger partial charge < -0.3 is 11.1 Å². The van der Waals surface area contributed by atoms with E-state index < -0.39 is 0 Å². The van der Waals surface area contributed by atoms with Gasteiger partial charge in [0, 0.05) is 28.7 Å². The molecule has 1 aliphatic carbocycles. The molecule has 0 saturated heterocycles. The first-order valence-electron chi connectivity index (χ1n) is 7.57. The number of nitrogens with two attached hydrogens (primary N) is 1. The summed E-state index contributed by atoms with van der Waals surface area (Å²) in [7, 11) is 0. The SMILES string of the molecule is Cc1csc(-c2cccc(C(=O)NC(C)(CN)C3CC3)c2)n1. The fraction of sp³-hybridized carbons (Fsp3) is 0.412. The average Bonchev–Trinajstić information content (AvgIpc) is 3.30. The van der Waals surface area contributed by atoms with E-state index in [9.17, 15) is 4.79 Å². The van der Waals surface area contributed by atoms with Crippen molar-refractivity contribution in [2.75, 3.05) is 6.54 Å². The quantitative estimate of drug-likeness (QED) is 0.891. The van der Waals surface area contributed by atoms with Gasteiger partial charge in [-0.15, -0.1) is 11.3 Å². The maximum atomic E-state index is 12.6. The second kappa shape index (κ2) is 5.82. The Kier molecular flexibility index (Phi) is 4.02. The summed E-state index contributed by atoms with van der Waals surface area (Å²) in [5, 5.41) is 6.08. The summed E-state index contributed by atoms with van der Waals surface area (Å²) in [6.45, 7) is 4.48. The fourth-order valence-electron chi connectivity index (χ4n) is 2.65. The number of carbonyl (C=O) groups excluding carboxylic acids is 1. The number of aryl methyl sites for hydroxylation is 1. The second-order valence-electron chi connectivity index (χ2n) is 6.22. The minimum Gasteiger partial charge on any atom is -0.345 e. The number of hydrogen-bond acceptors (Lipinski definition) is 4. The molecule has 4 nitrogen and oxygen atoms in total. The zero-order chi connectivity index (χ0) is 15.7. The standard InChI is InChI=1S/C17H21N3OS/c1-11-9-22-16(19-11)13-5-3-4-12(8-13)15(21)20-17(2,10-18)14-6-7-14/h3-5,8-9,14H,6-7,10,18H2,1-2H3,(H,20,21). The minimum absolute atomic E-state index is 0.0602. The molecule has 1 amide bonds. The van der Waals surface area contributed by atoms with Gasteiger partial charge in [0.25, 0.3) is 5.91 Å². The van der Waals surface area contributed by atoms with Crippen LogP contribution in [0, 0.1) is 12.8 Å². The van der Waals surface area contributed by atoms with Crippen molar-refractivity contribution in [3.8, 4) is 10.6 Å². The third-order valence-corrected chi connectivity index (χ3v) is 5.30. The Morgan fingerprint density at radius 2 is 2.27 bits per heavy atom. The Morgan fingerprint density at radius 3 is 2.86 bits per heavy atom. The van der Waals surface area contributed by atoms with Crippen LogP contribution in [0.4, 0.5) is 0 Å². The van der Waals surface area contributed by atoms with Crippen LogP contribution < -0.4 is 11.1 Å². The van der Waals surface area contributed by atoms with E-state index in [1.807, 2.05) is 43.5 Å². The molecule has 1 saturated carbocycles. The van der Waals surface area contributed by atoms with E-state index in [1.54, 1.807) is 11.3 Å². The number of nitrogens with one attached hydrogen (secondary N) is 1. The normalized spacial score (nSPS) is 17.0. The number of amides is 1. The van der Waals surface area contributed by atoms with Gasteiger partial charge in [0.05, 0.1) is 5.54 Å². The van der Waals surface area contributed by atoms with Gasteiger partial charge in [-0.05, 0) is 44.7 Å². The first-order valence-corrected chi connectivity index (χ1v) is 8.45. The highest BCUT2D eigenvalue weighted by Gasteiger charge is 2.41. The molecule has 3 N–H and O–H groups in total. The smallest absolute Gasteiger partial charge is 0.251 e. The molecule has 1 fully saturated rings. The van der Waals surface area contributed by atoms with Crippen LogP contribution >= 0.6 is 11.3 Å². The van der Waals surface area contributed by atoms with Gasteiger partial charge in [-0.2, -0.15) is 0 Å². The summed E-state index contributed by atoms with van der Waals surface area (Å²) in [6, 6.07) is 7.62. The molecule has 116 valence electrons. The maximum absolute atomic E-state index is 12.6. The fourth-order valence-corrected chi connectivity index (χ4v) is 3.45. The largest absolute Gasteiger partial charge is 0.345 e. The summed E-state index contributed by atoms with van der Waals surface area (Å²) in [6.07, 6.45) is 2.29. The highest BCUT2D eigenvalue weighted by atomic mass is 32.1. The Bertz CT molecular complexity index is 693. The van der Waals surface area contributed by atoms with Crippen molar-refractivity contribution in [1.29, 1.82) is 0 Å². The molecule has 0 bridgehead atoms. The molecule has 1 unspecified atom stereocenters.